The number of hydrogen-bond donors (Lipinski definition) is 1. The highest BCUT2D eigenvalue weighted by Gasteiger charge is 2.37. The molecule has 1 aromatic carbocycles. The molecule has 1 saturated heterocycles. The molecule has 0 radical (unpaired) electrons. The normalized spacial score (nSPS) is 17.2. The number of nitrogens with zero attached hydrogens (tertiary/aromatic N) is 2. The summed E-state index contributed by atoms with van der Waals surface area (Å²) in [5, 5.41) is 4.11. The summed E-state index contributed by atoms with van der Waals surface area (Å²) in [6, 6.07) is 7.04. The standard InChI is InChI=1S/C16H20F3N3.2ClH/c1-21-11-13(12-4-2-3-5-14(12)21)15(10-16(17,18)19)22-8-6-20-7-9-22;;/h2-5,11,15,20H,6-10H2,1H3;2*1H/t15-;;/m0../s1. The number of hydrogen-bond acceptors (Lipinski definition) is 2. The first-order valence-electron chi connectivity index (χ1n) is 7.51. The molecule has 0 spiro atoms. The van der Waals surface area contributed by atoms with Crippen molar-refractivity contribution in [2.24, 2.45) is 7.05 Å². The second-order valence-electron chi connectivity index (χ2n) is 5.83. The van der Waals surface area contributed by atoms with Gasteiger partial charge in [0.15, 0.2) is 0 Å². The average Bonchev–Trinajstić information content (AvgIpc) is 2.83. The molecule has 1 N–H and O–H groups in total. The number of nitrogens with one attached hydrogen (secondary N) is 1. The van der Waals surface area contributed by atoms with Gasteiger partial charge in [0.05, 0.1) is 6.42 Å². The Balaban J connectivity index is 0.00000144. The Morgan fingerprint density at radius 2 is 1.75 bits per heavy atom. The molecule has 1 fully saturated rings. The molecular weight excluding hydrogens is 362 g/mol. The van der Waals surface area contributed by atoms with Crippen molar-refractivity contribution in [1.82, 2.24) is 14.8 Å². The highest BCUT2D eigenvalue weighted by molar-refractivity contribution is 5.86. The van der Waals surface area contributed by atoms with Crippen LogP contribution in [0.1, 0.15) is 18.0 Å². The number of halogens is 5. The van der Waals surface area contributed by atoms with Crippen molar-refractivity contribution in [1.29, 1.82) is 0 Å². The first kappa shape index (κ1) is 21.1. The smallest absolute Gasteiger partial charge is 0.350 e. The Labute approximate surface area is 152 Å². The zero-order valence-corrected chi connectivity index (χ0v) is 15.0. The molecule has 136 valence electrons. The molecule has 1 atom stereocenters. The fourth-order valence-corrected chi connectivity index (χ4v) is 3.29. The van der Waals surface area contributed by atoms with Crippen LogP contribution in [0.25, 0.3) is 10.9 Å². The highest BCUT2D eigenvalue weighted by Crippen LogP contribution is 2.37. The fraction of sp³-hybridized carbons (Fsp3) is 0.500. The van der Waals surface area contributed by atoms with Crippen molar-refractivity contribution in [3.05, 3.63) is 36.0 Å². The van der Waals surface area contributed by atoms with Gasteiger partial charge in [0, 0.05) is 56.4 Å². The molecule has 1 aliphatic heterocycles. The maximum atomic E-state index is 13.1. The topological polar surface area (TPSA) is 20.2 Å². The van der Waals surface area contributed by atoms with Crippen LogP contribution in [0, 0.1) is 0 Å². The summed E-state index contributed by atoms with van der Waals surface area (Å²) in [5.41, 5.74) is 1.75. The number of alkyl halides is 3. The summed E-state index contributed by atoms with van der Waals surface area (Å²) < 4.78 is 41.2. The molecule has 3 rings (SSSR count). The summed E-state index contributed by atoms with van der Waals surface area (Å²) in [6.45, 7) is 2.76. The van der Waals surface area contributed by atoms with Crippen LogP contribution in [-0.4, -0.2) is 41.8 Å². The van der Waals surface area contributed by atoms with E-state index >= 15 is 0 Å². The largest absolute Gasteiger partial charge is 0.390 e. The van der Waals surface area contributed by atoms with E-state index in [2.05, 4.69) is 5.32 Å². The molecule has 24 heavy (non-hydrogen) atoms. The second-order valence-corrected chi connectivity index (χ2v) is 5.83. The number of fused-ring (bicyclic) bond motifs is 1. The quantitative estimate of drug-likeness (QED) is 0.866. The first-order valence-corrected chi connectivity index (χ1v) is 7.51. The summed E-state index contributed by atoms with van der Waals surface area (Å²) >= 11 is 0. The molecular formula is C16H22Cl2F3N3. The van der Waals surface area contributed by atoms with Gasteiger partial charge in [0.25, 0.3) is 0 Å². The van der Waals surface area contributed by atoms with E-state index in [0.29, 0.717) is 13.1 Å². The van der Waals surface area contributed by atoms with Crippen LogP contribution in [0.3, 0.4) is 0 Å². The summed E-state index contributed by atoms with van der Waals surface area (Å²) in [6.07, 6.45) is -3.13. The molecule has 8 heteroatoms. The molecule has 2 heterocycles. The molecule has 1 aromatic heterocycles. The SMILES string of the molecule is Cl.Cl.Cn1cc([C@H](CC(F)(F)F)N2CCNCC2)c2ccccc21. The van der Waals surface area contributed by atoms with E-state index in [1.807, 2.05) is 47.0 Å². The van der Waals surface area contributed by atoms with Crippen molar-refractivity contribution < 1.29 is 13.2 Å². The van der Waals surface area contributed by atoms with E-state index in [-0.39, 0.29) is 24.8 Å². The number of para-hydroxylation sites is 1. The van der Waals surface area contributed by atoms with E-state index in [0.717, 1.165) is 29.6 Å². The predicted octanol–water partition coefficient (Wildman–Crippen LogP) is 3.92. The maximum absolute atomic E-state index is 13.1. The molecule has 0 unspecified atom stereocenters. The molecule has 0 saturated carbocycles. The summed E-state index contributed by atoms with van der Waals surface area (Å²) in [5.74, 6) is 0. The number of aryl methyl sites for hydroxylation is 1. The van der Waals surface area contributed by atoms with Gasteiger partial charge in [-0.1, -0.05) is 18.2 Å². The van der Waals surface area contributed by atoms with Gasteiger partial charge in [-0.2, -0.15) is 13.2 Å². The molecule has 0 aliphatic carbocycles. The number of aromatic nitrogens is 1. The van der Waals surface area contributed by atoms with Crippen LogP contribution < -0.4 is 5.32 Å². The third-order valence-electron chi connectivity index (χ3n) is 4.30. The van der Waals surface area contributed by atoms with Gasteiger partial charge in [0.2, 0.25) is 0 Å². The zero-order chi connectivity index (χ0) is 15.7. The summed E-state index contributed by atoms with van der Waals surface area (Å²) in [7, 11) is 1.88. The highest BCUT2D eigenvalue weighted by atomic mass is 35.5. The lowest BCUT2D eigenvalue weighted by Crippen LogP contribution is -2.46. The Morgan fingerprint density at radius 1 is 1.12 bits per heavy atom. The molecule has 1 aliphatic rings. The third-order valence-corrected chi connectivity index (χ3v) is 4.30. The van der Waals surface area contributed by atoms with E-state index in [4.69, 9.17) is 0 Å². The Hall–Kier alpha value is -0.950. The minimum Gasteiger partial charge on any atom is -0.350 e. The molecule has 0 amide bonds. The van der Waals surface area contributed by atoms with Crippen molar-refractivity contribution in [2.45, 2.75) is 18.6 Å². The number of benzene rings is 1. The van der Waals surface area contributed by atoms with Crippen LogP contribution in [0.4, 0.5) is 13.2 Å². The van der Waals surface area contributed by atoms with Gasteiger partial charge in [0.1, 0.15) is 0 Å². The zero-order valence-electron chi connectivity index (χ0n) is 13.3. The monoisotopic (exact) mass is 383 g/mol. The minimum atomic E-state index is -4.17. The van der Waals surface area contributed by atoms with Gasteiger partial charge in [-0.05, 0) is 11.6 Å². The van der Waals surface area contributed by atoms with Crippen molar-refractivity contribution in [2.75, 3.05) is 26.2 Å². The lowest BCUT2D eigenvalue weighted by Gasteiger charge is -2.35. The Morgan fingerprint density at radius 3 is 2.38 bits per heavy atom. The fourth-order valence-electron chi connectivity index (χ4n) is 3.29. The van der Waals surface area contributed by atoms with Gasteiger partial charge in [-0.25, -0.2) is 0 Å². The van der Waals surface area contributed by atoms with Crippen molar-refractivity contribution >= 4 is 35.7 Å². The van der Waals surface area contributed by atoms with Crippen LogP contribution in [0.15, 0.2) is 30.5 Å². The lowest BCUT2D eigenvalue weighted by molar-refractivity contribution is -0.148. The minimum absolute atomic E-state index is 0. The van der Waals surface area contributed by atoms with E-state index < -0.39 is 18.6 Å². The second kappa shape index (κ2) is 8.43. The van der Waals surface area contributed by atoms with E-state index in [1.165, 1.54) is 0 Å². The van der Waals surface area contributed by atoms with Gasteiger partial charge in [-0.3, -0.25) is 4.90 Å². The third kappa shape index (κ3) is 4.57. The maximum Gasteiger partial charge on any atom is 0.390 e. The van der Waals surface area contributed by atoms with E-state index in [1.54, 1.807) is 0 Å². The molecule has 2 aromatic rings. The number of rotatable bonds is 3. The van der Waals surface area contributed by atoms with E-state index in [9.17, 15) is 13.2 Å². The summed E-state index contributed by atoms with van der Waals surface area (Å²) in [4.78, 5) is 1.95. The van der Waals surface area contributed by atoms with Crippen LogP contribution in [0.2, 0.25) is 0 Å². The van der Waals surface area contributed by atoms with Crippen LogP contribution in [0.5, 0.6) is 0 Å². The van der Waals surface area contributed by atoms with Crippen LogP contribution >= 0.6 is 24.8 Å². The first-order chi connectivity index (χ1) is 10.5. The Kier molecular flexibility index (Phi) is 7.41. The molecule has 0 bridgehead atoms. The molecule has 3 nitrogen and oxygen atoms in total. The van der Waals surface area contributed by atoms with Gasteiger partial charge in [-0.15, -0.1) is 24.8 Å². The van der Waals surface area contributed by atoms with Crippen molar-refractivity contribution in [3.8, 4) is 0 Å². The predicted molar refractivity (Wildman–Crippen MR) is 95.3 cm³/mol. The Bertz CT molecular complexity index is 652. The average molecular weight is 384 g/mol. The van der Waals surface area contributed by atoms with Crippen LogP contribution in [-0.2, 0) is 7.05 Å². The van der Waals surface area contributed by atoms with Gasteiger partial charge >= 0.3 is 6.18 Å². The number of piperazine rings is 1. The van der Waals surface area contributed by atoms with Gasteiger partial charge < -0.3 is 9.88 Å². The lowest BCUT2D eigenvalue weighted by atomic mass is 10.00. The van der Waals surface area contributed by atoms with Crippen molar-refractivity contribution in [3.63, 3.8) is 0 Å².